The van der Waals surface area contributed by atoms with Crippen LogP contribution in [-0.4, -0.2) is 21.0 Å². The summed E-state index contributed by atoms with van der Waals surface area (Å²) < 4.78 is 2.15. The van der Waals surface area contributed by atoms with Crippen LogP contribution in [0.25, 0.3) is 0 Å². The highest BCUT2D eigenvalue weighted by Crippen LogP contribution is 2.20. The van der Waals surface area contributed by atoms with E-state index in [0.29, 0.717) is 16.6 Å². The van der Waals surface area contributed by atoms with E-state index in [0.717, 1.165) is 31.0 Å². The summed E-state index contributed by atoms with van der Waals surface area (Å²) in [7, 11) is 0. The lowest BCUT2D eigenvalue weighted by Crippen LogP contribution is -2.24. The van der Waals surface area contributed by atoms with Crippen LogP contribution in [0.2, 0.25) is 10.0 Å². The number of imidazole rings is 1. The molecule has 3 rings (SSSR count). The van der Waals surface area contributed by atoms with Gasteiger partial charge in [-0.3, -0.25) is 4.90 Å². The molecule has 5 heteroatoms. The SMILES string of the molecule is CCN(Cc1ccccc1)Cc1nccn1Cc1cc(Cl)cc(Cl)c1. The quantitative estimate of drug-likeness (QED) is 0.563. The molecule has 0 aliphatic carbocycles. The minimum atomic E-state index is 0.656. The van der Waals surface area contributed by atoms with Gasteiger partial charge >= 0.3 is 0 Å². The van der Waals surface area contributed by atoms with Crippen LogP contribution >= 0.6 is 23.2 Å². The predicted octanol–water partition coefficient (Wildman–Crippen LogP) is 5.26. The second-order valence-corrected chi connectivity index (χ2v) is 6.91. The molecular weight excluding hydrogens is 353 g/mol. The Bertz CT molecular complexity index is 795. The molecule has 0 N–H and O–H groups in total. The third-order valence-electron chi connectivity index (χ3n) is 4.14. The molecule has 0 fully saturated rings. The summed E-state index contributed by atoms with van der Waals surface area (Å²) in [6.07, 6.45) is 3.85. The molecule has 0 saturated heterocycles. The van der Waals surface area contributed by atoms with Crippen molar-refractivity contribution in [1.82, 2.24) is 14.5 Å². The van der Waals surface area contributed by atoms with Crippen molar-refractivity contribution in [3.63, 3.8) is 0 Å². The molecule has 1 heterocycles. The van der Waals surface area contributed by atoms with Gasteiger partial charge < -0.3 is 4.57 Å². The van der Waals surface area contributed by atoms with Crippen molar-refractivity contribution in [1.29, 1.82) is 0 Å². The molecule has 130 valence electrons. The molecule has 1 aromatic heterocycles. The Morgan fingerprint density at radius 1 is 0.960 bits per heavy atom. The van der Waals surface area contributed by atoms with Crippen molar-refractivity contribution in [2.45, 2.75) is 26.6 Å². The summed E-state index contributed by atoms with van der Waals surface area (Å²) in [6.45, 7) is 5.55. The van der Waals surface area contributed by atoms with Crippen LogP contribution < -0.4 is 0 Å². The van der Waals surface area contributed by atoms with E-state index in [1.54, 1.807) is 6.07 Å². The predicted molar refractivity (Wildman–Crippen MR) is 104 cm³/mol. The maximum absolute atomic E-state index is 6.11. The van der Waals surface area contributed by atoms with E-state index in [2.05, 4.69) is 45.6 Å². The fraction of sp³-hybridized carbons (Fsp3) is 0.250. The number of halogens is 2. The highest BCUT2D eigenvalue weighted by Gasteiger charge is 2.10. The van der Waals surface area contributed by atoms with Gasteiger partial charge in [0.15, 0.2) is 0 Å². The van der Waals surface area contributed by atoms with Gasteiger partial charge in [0.05, 0.1) is 6.54 Å². The Kier molecular flexibility index (Phi) is 6.14. The summed E-state index contributed by atoms with van der Waals surface area (Å²) in [5, 5.41) is 1.31. The fourth-order valence-corrected chi connectivity index (χ4v) is 3.43. The summed E-state index contributed by atoms with van der Waals surface area (Å²) in [6, 6.07) is 16.1. The third-order valence-corrected chi connectivity index (χ3v) is 4.57. The number of hydrogen-bond donors (Lipinski definition) is 0. The van der Waals surface area contributed by atoms with Crippen LogP contribution in [0.1, 0.15) is 23.9 Å². The summed E-state index contributed by atoms with van der Waals surface area (Å²) in [4.78, 5) is 6.92. The molecule has 0 spiro atoms. The topological polar surface area (TPSA) is 21.1 Å². The van der Waals surface area contributed by atoms with E-state index in [1.165, 1.54) is 5.56 Å². The third kappa shape index (κ3) is 5.08. The van der Waals surface area contributed by atoms with Crippen LogP contribution in [-0.2, 0) is 19.6 Å². The molecule has 2 aromatic carbocycles. The van der Waals surface area contributed by atoms with Crippen molar-refractivity contribution in [3.05, 3.63) is 87.9 Å². The molecule has 3 aromatic rings. The van der Waals surface area contributed by atoms with E-state index >= 15 is 0 Å². The molecular formula is C20H21Cl2N3. The molecule has 0 aliphatic heterocycles. The molecule has 0 amide bonds. The van der Waals surface area contributed by atoms with Crippen molar-refractivity contribution in [2.24, 2.45) is 0 Å². The van der Waals surface area contributed by atoms with Gasteiger partial charge in [0.2, 0.25) is 0 Å². The molecule has 0 radical (unpaired) electrons. The van der Waals surface area contributed by atoms with E-state index in [1.807, 2.05) is 30.6 Å². The van der Waals surface area contributed by atoms with E-state index in [9.17, 15) is 0 Å². The molecule has 0 saturated carbocycles. The molecule has 0 bridgehead atoms. The lowest BCUT2D eigenvalue weighted by atomic mass is 10.2. The van der Waals surface area contributed by atoms with Crippen LogP contribution in [0.4, 0.5) is 0 Å². The number of nitrogens with zero attached hydrogens (tertiary/aromatic N) is 3. The Hall–Kier alpha value is -1.81. The average molecular weight is 374 g/mol. The van der Waals surface area contributed by atoms with Crippen LogP contribution in [0, 0.1) is 0 Å². The van der Waals surface area contributed by atoms with Gasteiger partial charge in [-0.25, -0.2) is 4.98 Å². The Morgan fingerprint density at radius 3 is 2.36 bits per heavy atom. The monoisotopic (exact) mass is 373 g/mol. The molecule has 0 aliphatic rings. The Morgan fingerprint density at radius 2 is 1.68 bits per heavy atom. The van der Waals surface area contributed by atoms with Crippen molar-refractivity contribution >= 4 is 23.2 Å². The van der Waals surface area contributed by atoms with Crippen molar-refractivity contribution < 1.29 is 0 Å². The first-order valence-corrected chi connectivity index (χ1v) is 9.11. The van der Waals surface area contributed by atoms with Gasteiger partial charge in [-0.15, -0.1) is 0 Å². The first-order valence-electron chi connectivity index (χ1n) is 8.35. The van der Waals surface area contributed by atoms with Gasteiger partial charge in [-0.1, -0.05) is 60.5 Å². The normalized spacial score (nSPS) is 11.2. The summed E-state index contributed by atoms with van der Waals surface area (Å²) in [5.41, 5.74) is 2.38. The van der Waals surface area contributed by atoms with Gasteiger partial charge in [-0.2, -0.15) is 0 Å². The lowest BCUT2D eigenvalue weighted by molar-refractivity contribution is 0.261. The highest BCUT2D eigenvalue weighted by atomic mass is 35.5. The molecule has 0 atom stereocenters. The van der Waals surface area contributed by atoms with Crippen LogP contribution in [0.5, 0.6) is 0 Å². The second-order valence-electron chi connectivity index (χ2n) is 6.04. The zero-order valence-electron chi connectivity index (χ0n) is 14.2. The zero-order chi connectivity index (χ0) is 17.6. The number of hydrogen-bond acceptors (Lipinski definition) is 2. The summed E-state index contributed by atoms with van der Waals surface area (Å²) in [5.74, 6) is 1.04. The van der Waals surface area contributed by atoms with E-state index < -0.39 is 0 Å². The number of rotatable bonds is 7. The minimum Gasteiger partial charge on any atom is -0.329 e. The number of aromatic nitrogens is 2. The molecule has 25 heavy (non-hydrogen) atoms. The first kappa shape index (κ1) is 18.0. The number of benzene rings is 2. The maximum atomic E-state index is 6.11. The summed E-state index contributed by atoms with van der Waals surface area (Å²) >= 11 is 12.2. The largest absolute Gasteiger partial charge is 0.329 e. The highest BCUT2D eigenvalue weighted by molar-refractivity contribution is 6.34. The average Bonchev–Trinajstić information content (AvgIpc) is 3.01. The Labute approximate surface area is 158 Å². The maximum Gasteiger partial charge on any atom is 0.123 e. The molecule has 3 nitrogen and oxygen atoms in total. The first-order chi connectivity index (χ1) is 12.1. The van der Waals surface area contributed by atoms with E-state index in [4.69, 9.17) is 23.2 Å². The van der Waals surface area contributed by atoms with Crippen LogP contribution in [0.15, 0.2) is 60.9 Å². The second kappa shape index (κ2) is 8.52. The van der Waals surface area contributed by atoms with Gasteiger partial charge in [-0.05, 0) is 35.9 Å². The standard InChI is InChI=1S/C20H21Cl2N3/c1-2-24(13-16-6-4-3-5-7-16)15-20-23-8-9-25(20)14-17-10-18(21)12-19(22)11-17/h3-12H,2,13-15H2,1H3. The smallest absolute Gasteiger partial charge is 0.123 e. The van der Waals surface area contributed by atoms with Crippen molar-refractivity contribution in [2.75, 3.05) is 6.54 Å². The fourth-order valence-electron chi connectivity index (χ4n) is 2.86. The van der Waals surface area contributed by atoms with Crippen molar-refractivity contribution in [3.8, 4) is 0 Å². The van der Waals surface area contributed by atoms with Gasteiger partial charge in [0, 0.05) is 35.5 Å². The zero-order valence-corrected chi connectivity index (χ0v) is 15.7. The Balaban J connectivity index is 1.72. The molecule has 0 unspecified atom stereocenters. The van der Waals surface area contributed by atoms with Gasteiger partial charge in [0.25, 0.3) is 0 Å². The van der Waals surface area contributed by atoms with Crippen LogP contribution in [0.3, 0.4) is 0 Å². The minimum absolute atomic E-state index is 0.656. The van der Waals surface area contributed by atoms with E-state index in [-0.39, 0.29) is 0 Å². The lowest BCUT2D eigenvalue weighted by Gasteiger charge is -2.21. The van der Waals surface area contributed by atoms with Gasteiger partial charge in [0.1, 0.15) is 5.82 Å².